The summed E-state index contributed by atoms with van der Waals surface area (Å²) in [7, 11) is 0. The van der Waals surface area contributed by atoms with Crippen molar-refractivity contribution in [2.45, 2.75) is 20.8 Å². The molecule has 0 N–H and O–H groups in total. The van der Waals surface area contributed by atoms with Crippen LogP contribution < -0.4 is 0 Å². The highest BCUT2D eigenvalue weighted by molar-refractivity contribution is 5.91. The number of hydrogen-bond donors (Lipinski definition) is 0. The van der Waals surface area contributed by atoms with E-state index in [9.17, 15) is 13.7 Å². The normalized spacial score (nSPS) is 9.21. The number of rotatable bonds is 2. The van der Waals surface area contributed by atoms with Crippen LogP contribution in [-0.2, 0) is 9.74 Å². The molecule has 0 bridgehead atoms. The van der Waals surface area contributed by atoms with Crippen LogP contribution in [0, 0.1) is 0 Å². The van der Waals surface area contributed by atoms with E-state index >= 15 is 0 Å². The van der Waals surface area contributed by atoms with E-state index in [0.29, 0.717) is 0 Å². The van der Waals surface area contributed by atoms with E-state index in [4.69, 9.17) is 0 Å². The molecule has 0 aromatic carbocycles. The lowest BCUT2D eigenvalue weighted by atomic mass is 10.2. The van der Waals surface area contributed by atoms with Gasteiger partial charge in [0.05, 0.1) is 5.57 Å². The Bertz CT molecular complexity index is 194. The van der Waals surface area contributed by atoms with Gasteiger partial charge in [0.2, 0.25) is 0 Å². The van der Waals surface area contributed by atoms with E-state index in [2.05, 4.69) is 24.7 Å². The fourth-order valence-corrected chi connectivity index (χ4v) is 0.406. The molecule has 0 aliphatic rings. The molecule has 0 amide bonds. The van der Waals surface area contributed by atoms with Crippen LogP contribution in [0.1, 0.15) is 20.8 Å². The summed E-state index contributed by atoms with van der Waals surface area (Å²) in [5.41, 5.74) is -0.498. The standard InChI is InChI=1S/C6H6F2O2.C2H6.C2H4/c1-3-5(4(2)7)6(9)10-8;2*1-2/h3H,1H2,2H3;1-2H3;1-2H2/b5-4-;;. The van der Waals surface area contributed by atoms with Crippen LogP contribution in [-0.4, -0.2) is 5.97 Å². The second-order valence-electron chi connectivity index (χ2n) is 1.52. The van der Waals surface area contributed by atoms with Crippen LogP contribution in [0.2, 0.25) is 0 Å². The Morgan fingerprint density at radius 3 is 1.79 bits per heavy atom. The molecule has 0 aromatic rings. The van der Waals surface area contributed by atoms with Gasteiger partial charge in [0.15, 0.2) is 0 Å². The molecule has 0 heterocycles. The fourth-order valence-electron chi connectivity index (χ4n) is 0.406. The summed E-state index contributed by atoms with van der Waals surface area (Å²) in [6.45, 7) is 14.1. The number of carbonyl (C=O) groups excluding carboxylic acids is 1. The Kier molecular flexibility index (Phi) is 18.5. The zero-order valence-corrected chi connectivity index (χ0v) is 8.77. The molecular formula is C10H16F2O2. The maximum Gasteiger partial charge on any atom is 0.382 e. The van der Waals surface area contributed by atoms with E-state index in [0.717, 1.165) is 13.0 Å². The lowest BCUT2D eigenvalue weighted by Crippen LogP contribution is -2.00. The maximum atomic E-state index is 12.1. The van der Waals surface area contributed by atoms with Crippen molar-refractivity contribution in [2.24, 2.45) is 0 Å². The zero-order valence-electron chi connectivity index (χ0n) is 8.77. The highest BCUT2D eigenvalue weighted by atomic mass is 19.3. The van der Waals surface area contributed by atoms with Crippen LogP contribution >= 0.6 is 0 Å². The molecular weight excluding hydrogens is 190 g/mol. The van der Waals surface area contributed by atoms with Gasteiger partial charge in [-0.25, -0.2) is 14.1 Å². The van der Waals surface area contributed by atoms with Crippen LogP contribution in [0.25, 0.3) is 0 Å². The summed E-state index contributed by atoms with van der Waals surface area (Å²) in [5, 5.41) is 0. The molecule has 0 unspecified atom stereocenters. The molecule has 0 spiro atoms. The van der Waals surface area contributed by atoms with E-state index in [-0.39, 0.29) is 0 Å². The van der Waals surface area contributed by atoms with Gasteiger partial charge in [-0.3, -0.25) is 0 Å². The second-order valence-corrected chi connectivity index (χ2v) is 1.52. The van der Waals surface area contributed by atoms with Crippen molar-refractivity contribution in [3.8, 4) is 0 Å². The predicted molar refractivity (Wildman–Crippen MR) is 53.8 cm³/mol. The molecule has 0 rings (SSSR count). The van der Waals surface area contributed by atoms with E-state index < -0.39 is 17.4 Å². The fraction of sp³-hybridized carbons (Fsp3) is 0.300. The van der Waals surface area contributed by atoms with Crippen molar-refractivity contribution in [2.75, 3.05) is 0 Å². The third kappa shape index (κ3) is 8.64. The van der Waals surface area contributed by atoms with Crippen molar-refractivity contribution in [3.63, 3.8) is 0 Å². The van der Waals surface area contributed by atoms with Crippen LogP contribution in [0.5, 0.6) is 0 Å². The minimum atomic E-state index is -1.37. The van der Waals surface area contributed by atoms with Crippen LogP contribution in [0.4, 0.5) is 8.92 Å². The Labute approximate surface area is 83.5 Å². The predicted octanol–water partition coefficient (Wildman–Crippen LogP) is 3.67. The molecule has 4 heteroatoms. The maximum absolute atomic E-state index is 12.1. The Morgan fingerprint density at radius 2 is 1.71 bits per heavy atom. The third-order valence-electron chi connectivity index (χ3n) is 0.865. The third-order valence-corrected chi connectivity index (χ3v) is 0.865. The quantitative estimate of drug-likeness (QED) is 0.391. The van der Waals surface area contributed by atoms with Crippen molar-refractivity contribution < 1.29 is 18.7 Å². The largest absolute Gasteiger partial charge is 0.382 e. The summed E-state index contributed by atoms with van der Waals surface area (Å²) in [6.07, 6.45) is 0.886. The van der Waals surface area contributed by atoms with Crippen molar-refractivity contribution in [1.82, 2.24) is 0 Å². The van der Waals surface area contributed by atoms with E-state index in [1.54, 1.807) is 0 Å². The average molecular weight is 206 g/mol. The molecule has 0 aromatic heterocycles. The minimum Gasteiger partial charge on any atom is -0.249 e. The topological polar surface area (TPSA) is 26.3 Å². The summed E-state index contributed by atoms with van der Waals surface area (Å²) >= 11 is 0. The molecule has 0 aliphatic heterocycles. The number of allylic oxidation sites excluding steroid dienone is 1. The first-order chi connectivity index (χ1) is 6.63. The first kappa shape index (κ1) is 18.4. The van der Waals surface area contributed by atoms with Gasteiger partial charge in [-0.1, -0.05) is 26.5 Å². The molecule has 82 valence electrons. The Hall–Kier alpha value is -1.45. The van der Waals surface area contributed by atoms with Gasteiger partial charge >= 0.3 is 5.97 Å². The summed E-state index contributed by atoms with van der Waals surface area (Å²) in [4.78, 5) is 13.0. The molecule has 0 atom stereocenters. The van der Waals surface area contributed by atoms with Gasteiger partial charge in [0.1, 0.15) is 5.83 Å². The highest BCUT2D eigenvalue weighted by Gasteiger charge is 2.11. The highest BCUT2D eigenvalue weighted by Crippen LogP contribution is 2.08. The molecule has 0 saturated heterocycles. The summed E-state index contributed by atoms with van der Waals surface area (Å²) in [5.74, 6) is -2.19. The molecule has 0 radical (unpaired) electrons. The number of hydrogen-bond acceptors (Lipinski definition) is 2. The van der Waals surface area contributed by atoms with Gasteiger partial charge in [0.25, 0.3) is 0 Å². The lowest BCUT2D eigenvalue weighted by molar-refractivity contribution is -0.177. The number of halogens is 2. The Balaban J connectivity index is -0.000000266. The molecule has 2 nitrogen and oxygen atoms in total. The average Bonchev–Trinajstić information content (AvgIpc) is 2.24. The molecule has 14 heavy (non-hydrogen) atoms. The lowest BCUT2D eigenvalue weighted by Gasteiger charge is -1.93. The SMILES string of the molecule is C=C.C=C/C(C(=O)OF)=C(\C)F.CC. The first-order valence-corrected chi connectivity index (χ1v) is 3.95. The van der Waals surface area contributed by atoms with Gasteiger partial charge < -0.3 is 0 Å². The van der Waals surface area contributed by atoms with Gasteiger partial charge in [-0.15, -0.1) is 13.2 Å². The number of carbonyl (C=O) groups is 1. The van der Waals surface area contributed by atoms with E-state index in [1.807, 2.05) is 13.8 Å². The van der Waals surface area contributed by atoms with Crippen LogP contribution in [0.3, 0.4) is 0 Å². The molecule has 0 aliphatic carbocycles. The van der Waals surface area contributed by atoms with Crippen molar-refractivity contribution >= 4 is 5.97 Å². The summed E-state index contributed by atoms with van der Waals surface area (Å²) < 4.78 is 23.2. The van der Waals surface area contributed by atoms with E-state index in [1.165, 1.54) is 0 Å². The van der Waals surface area contributed by atoms with Crippen molar-refractivity contribution in [1.29, 1.82) is 0 Å². The van der Waals surface area contributed by atoms with Crippen LogP contribution in [0.15, 0.2) is 37.2 Å². The zero-order chi connectivity index (χ0) is 12.1. The van der Waals surface area contributed by atoms with Gasteiger partial charge in [-0.2, -0.15) is 0 Å². The minimum absolute atomic E-state index is 0.498. The molecule has 0 saturated carbocycles. The van der Waals surface area contributed by atoms with Gasteiger partial charge in [-0.05, 0) is 6.92 Å². The second kappa shape index (κ2) is 14.1. The smallest absolute Gasteiger partial charge is 0.249 e. The monoisotopic (exact) mass is 206 g/mol. The molecule has 0 fully saturated rings. The summed E-state index contributed by atoms with van der Waals surface area (Å²) in [6, 6.07) is 0. The first-order valence-electron chi connectivity index (χ1n) is 3.95. The van der Waals surface area contributed by atoms with Crippen molar-refractivity contribution in [3.05, 3.63) is 37.2 Å². The van der Waals surface area contributed by atoms with Gasteiger partial charge in [0, 0.05) is 4.53 Å². The Morgan fingerprint density at radius 1 is 1.36 bits per heavy atom.